The van der Waals surface area contributed by atoms with Gasteiger partial charge in [-0.25, -0.2) is 0 Å². The third-order valence-corrected chi connectivity index (χ3v) is 5.67. The number of hydrogen-bond acceptors (Lipinski definition) is 2. The van der Waals surface area contributed by atoms with E-state index in [4.69, 9.17) is 0 Å². The molecule has 0 aromatic heterocycles. The van der Waals surface area contributed by atoms with E-state index < -0.39 is 0 Å². The predicted octanol–water partition coefficient (Wildman–Crippen LogP) is 5.37. The standard InChI is InChI=1S/C24H27NO/c26-24-11-9-21(10-12-24)23-8-4-5-19(17-23)18-25-15-13-22(14-16-25)20-6-2-1-3-7-20/h1-3,6-13,19,26H,4-5,14-18H2/t19-/m0/s1. The van der Waals surface area contributed by atoms with Crippen molar-refractivity contribution in [3.63, 3.8) is 0 Å². The molecular weight excluding hydrogens is 318 g/mol. The number of nitrogens with zero attached hydrogens (tertiary/aromatic N) is 1. The van der Waals surface area contributed by atoms with Gasteiger partial charge in [0.25, 0.3) is 0 Å². The second-order valence-corrected chi connectivity index (χ2v) is 7.53. The molecule has 1 aliphatic carbocycles. The molecule has 4 rings (SSSR count). The largest absolute Gasteiger partial charge is 0.508 e. The van der Waals surface area contributed by atoms with Gasteiger partial charge in [-0.3, -0.25) is 4.90 Å². The summed E-state index contributed by atoms with van der Waals surface area (Å²) in [4.78, 5) is 2.61. The number of rotatable bonds is 4. The van der Waals surface area contributed by atoms with Gasteiger partial charge in [0.1, 0.15) is 5.75 Å². The van der Waals surface area contributed by atoms with Crippen molar-refractivity contribution in [2.24, 2.45) is 5.92 Å². The number of hydrogen-bond donors (Lipinski definition) is 1. The fourth-order valence-electron chi connectivity index (χ4n) is 4.21. The van der Waals surface area contributed by atoms with E-state index in [9.17, 15) is 5.11 Å². The molecule has 26 heavy (non-hydrogen) atoms. The average Bonchev–Trinajstić information content (AvgIpc) is 2.70. The van der Waals surface area contributed by atoms with Crippen LogP contribution in [0.25, 0.3) is 11.1 Å². The molecule has 0 bridgehead atoms. The van der Waals surface area contributed by atoms with Crippen LogP contribution >= 0.6 is 0 Å². The van der Waals surface area contributed by atoms with Crippen LogP contribution in [0.5, 0.6) is 5.75 Å². The van der Waals surface area contributed by atoms with Gasteiger partial charge in [0.2, 0.25) is 0 Å². The molecule has 1 heterocycles. The third-order valence-electron chi connectivity index (χ3n) is 5.67. The van der Waals surface area contributed by atoms with Crippen LogP contribution in [-0.4, -0.2) is 29.6 Å². The number of phenols is 1. The Hall–Kier alpha value is -2.32. The molecule has 1 N–H and O–H groups in total. The Balaban J connectivity index is 1.35. The molecule has 0 amide bonds. The van der Waals surface area contributed by atoms with E-state index in [1.807, 2.05) is 12.1 Å². The van der Waals surface area contributed by atoms with Gasteiger partial charge in [0, 0.05) is 19.6 Å². The van der Waals surface area contributed by atoms with Crippen LogP contribution in [-0.2, 0) is 0 Å². The summed E-state index contributed by atoms with van der Waals surface area (Å²) in [6.07, 6.45) is 9.55. The van der Waals surface area contributed by atoms with Crippen molar-refractivity contribution < 1.29 is 5.11 Å². The summed E-state index contributed by atoms with van der Waals surface area (Å²) in [5, 5.41) is 9.50. The summed E-state index contributed by atoms with van der Waals surface area (Å²) >= 11 is 0. The van der Waals surface area contributed by atoms with Gasteiger partial charge in [-0.05, 0) is 66.0 Å². The first-order valence-electron chi connectivity index (χ1n) is 9.73. The highest BCUT2D eigenvalue weighted by Crippen LogP contribution is 2.33. The molecule has 0 spiro atoms. The van der Waals surface area contributed by atoms with Crippen LogP contribution in [0.3, 0.4) is 0 Å². The van der Waals surface area contributed by atoms with Crippen molar-refractivity contribution in [2.75, 3.05) is 19.6 Å². The van der Waals surface area contributed by atoms with Gasteiger partial charge >= 0.3 is 0 Å². The zero-order valence-corrected chi connectivity index (χ0v) is 15.3. The Kier molecular flexibility index (Phi) is 5.21. The highest BCUT2D eigenvalue weighted by Gasteiger charge is 2.21. The van der Waals surface area contributed by atoms with Gasteiger partial charge in [0.05, 0.1) is 0 Å². The maximum atomic E-state index is 9.50. The third kappa shape index (κ3) is 4.08. The summed E-state index contributed by atoms with van der Waals surface area (Å²) in [6.45, 7) is 3.42. The van der Waals surface area contributed by atoms with Crippen LogP contribution in [0.15, 0.2) is 66.7 Å². The van der Waals surface area contributed by atoms with Crippen molar-refractivity contribution >= 4 is 11.1 Å². The summed E-state index contributed by atoms with van der Waals surface area (Å²) in [6, 6.07) is 18.4. The molecule has 0 saturated heterocycles. The molecule has 0 radical (unpaired) electrons. The van der Waals surface area contributed by atoms with Gasteiger partial charge in [-0.1, -0.05) is 54.6 Å². The Bertz CT molecular complexity index is 789. The average molecular weight is 345 g/mol. The molecule has 0 unspecified atom stereocenters. The predicted molar refractivity (Wildman–Crippen MR) is 109 cm³/mol. The van der Waals surface area contributed by atoms with Crippen molar-refractivity contribution in [1.82, 2.24) is 4.90 Å². The fourth-order valence-corrected chi connectivity index (χ4v) is 4.21. The van der Waals surface area contributed by atoms with E-state index in [0.29, 0.717) is 5.75 Å². The summed E-state index contributed by atoms with van der Waals surface area (Å²) in [7, 11) is 0. The number of allylic oxidation sites excluding steroid dienone is 2. The summed E-state index contributed by atoms with van der Waals surface area (Å²) < 4.78 is 0. The maximum Gasteiger partial charge on any atom is 0.115 e. The molecule has 2 nitrogen and oxygen atoms in total. The Labute approximate surface area is 156 Å². The van der Waals surface area contributed by atoms with Crippen LogP contribution in [0, 0.1) is 5.92 Å². The van der Waals surface area contributed by atoms with Crippen molar-refractivity contribution in [3.8, 4) is 5.75 Å². The zero-order valence-electron chi connectivity index (χ0n) is 15.3. The van der Waals surface area contributed by atoms with E-state index in [1.165, 1.54) is 41.7 Å². The first-order valence-corrected chi connectivity index (χ1v) is 9.73. The first kappa shape index (κ1) is 17.1. The van der Waals surface area contributed by atoms with Crippen LogP contribution in [0.2, 0.25) is 0 Å². The van der Waals surface area contributed by atoms with E-state index >= 15 is 0 Å². The SMILES string of the molecule is Oc1ccc(C2=CCC[C@H](CN3CC=C(c4ccccc4)CC3)C2)cc1. The number of benzene rings is 2. The molecule has 1 aliphatic heterocycles. The second kappa shape index (κ2) is 7.92. The molecule has 1 atom stereocenters. The highest BCUT2D eigenvalue weighted by molar-refractivity contribution is 5.67. The number of phenolic OH excluding ortho intramolecular Hbond substituents is 1. The molecule has 2 aliphatic rings. The molecule has 2 heteroatoms. The van der Waals surface area contributed by atoms with Crippen LogP contribution < -0.4 is 0 Å². The lowest BCUT2D eigenvalue weighted by Gasteiger charge is -2.32. The lowest BCUT2D eigenvalue weighted by atomic mass is 9.85. The van der Waals surface area contributed by atoms with E-state index in [1.54, 1.807) is 12.1 Å². The first-order chi connectivity index (χ1) is 12.8. The van der Waals surface area contributed by atoms with Crippen LogP contribution in [0.4, 0.5) is 0 Å². The van der Waals surface area contributed by atoms with Gasteiger partial charge < -0.3 is 5.11 Å². The smallest absolute Gasteiger partial charge is 0.115 e. The zero-order chi connectivity index (χ0) is 17.8. The Morgan fingerprint density at radius 1 is 0.885 bits per heavy atom. The minimum Gasteiger partial charge on any atom is -0.508 e. The van der Waals surface area contributed by atoms with Crippen molar-refractivity contribution in [1.29, 1.82) is 0 Å². The van der Waals surface area contributed by atoms with E-state index in [2.05, 4.69) is 47.4 Å². The maximum absolute atomic E-state index is 9.50. The lowest BCUT2D eigenvalue weighted by Crippen LogP contribution is -2.33. The molecule has 0 saturated carbocycles. The monoisotopic (exact) mass is 345 g/mol. The van der Waals surface area contributed by atoms with Gasteiger partial charge in [-0.2, -0.15) is 0 Å². The molecular formula is C24H27NO. The fraction of sp³-hybridized carbons (Fsp3) is 0.333. The molecule has 134 valence electrons. The Morgan fingerprint density at radius 2 is 1.65 bits per heavy atom. The van der Waals surface area contributed by atoms with Crippen molar-refractivity contribution in [2.45, 2.75) is 25.7 Å². The van der Waals surface area contributed by atoms with Gasteiger partial charge in [0.15, 0.2) is 0 Å². The normalized spacial score (nSPS) is 21.2. The minimum absolute atomic E-state index is 0.344. The topological polar surface area (TPSA) is 23.5 Å². The molecule has 2 aromatic carbocycles. The molecule has 2 aromatic rings. The summed E-state index contributed by atoms with van der Waals surface area (Å²) in [5.41, 5.74) is 5.58. The number of aromatic hydroxyl groups is 1. The quantitative estimate of drug-likeness (QED) is 0.806. The Morgan fingerprint density at radius 3 is 2.38 bits per heavy atom. The van der Waals surface area contributed by atoms with Crippen molar-refractivity contribution in [3.05, 3.63) is 77.9 Å². The van der Waals surface area contributed by atoms with E-state index in [0.717, 1.165) is 31.8 Å². The summed E-state index contributed by atoms with van der Waals surface area (Å²) in [5.74, 6) is 1.08. The highest BCUT2D eigenvalue weighted by atomic mass is 16.3. The second-order valence-electron chi connectivity index (χ2n) is 7.53. The minimum atomic E-state index is 0.344. The van der Waals surface area contributed by atoms with E-state index in [-0.39, 0.29) is 0 Å². The lowest BCUT2D eigenvalue weighted by molar-refractivity contribution is 0.244. The molecule has 0 fully saturated rings. The van der Waals surface area contributed by atoms with Crippen LogP contribution in [0.1, 0.15) is 36.8 Å². The van der Waals surface area contributed by atoms with Gasteiger partial charge in [-0.15, -0.1) is 0 Å².